The van der Waals surface area contributed by atoms with Crippen LogP contribution in [0.2, 0.25) is 0 Å². The van der Waals surface area contributed by atoms with Crippen LogP contribution in [0, 0.1) is 5.41 Å². The summed E-state index contributed by atoms with van der Waals surface area (Å²) in [6.45, 7) is 9.94. The van der Waals surface area contributed by atoms with Crippen LogP contribution in [-0.4, -0.2) is 25.8 Å². The molecule has 13 heavy (non-hydrogen) atoms. The summed E-state index contributed by atoms with van der Waals surface area (Å²) < 4.78 is 5.54. The molecule has 0 radical (unpaired) electrons. The van der Waals surface area contributed by atoms with E-state index in [1.165, 1.54) is 19.3 Å². The highest BCUT2D eigenvalue weighted by Gasteiger charge is 2.18. The summed E-state index contributed by atoms with van der Waals surface area (Å²) in [4.78, 5) is 0. The van der Waals surface area contributed by atoms with Gasteiger partial charge < -0.3 is 10.1 Å². The van der Waals surface area contributed by atoms with Crippen molar-refractivity contribution >= 4 is 0 Å². The minimum atomic E-state index is 0.429. The maximum atomic E-state index is 5.54. The van der Waals surface area contributed by atoms with Crippen molar-refractivity contribution in [3.05, 3.63) is 0 Å². The molecule has 0 spiro atoms. The molecule has 0 bridgehead atoms. The molecule has 0 saturated carbocycles. The highest BCUT2D eigenvalue weighted by atomic mass is 16.5. The quantitative estimate of drug-likeness (QED) is 0.709. The SMILES string of the molecule is CCC(C)(C)CNCC1CCCO1. The average molecular weight is 185 g/mol. The Balaban J connectivity index is 2.06. The summed E-state index contributed by atoms with van der Waals surface area (Å²) in [6, 6.07) is 0. The van der Waals surface area contributed by atoms with Gasteiger partial charge in [-0.05, 0) is 24.7 Å². The second-order valence-electron chi connectivity index (χ2n) is 4.78. The molecule has 0 aromatic heterocycles. The van der Waals surface area contributed by atoms with E-state index in [0.29, 0.717) is 11.5 Å². The van der Waals surface area contributed by atoms with E-state index >= 15 is 0 Å². The highest BCUT2D eigenvalue weighted by Crippen LogP contribution is 2.18. The Morgan fingerprint density at radius 3 is 2.77 bits per heavy atom. The van der Waals surface area contributed by atoms with Crippen LogP contribution < -0.4 is 5.32 Å². The normalized spacial score (nSPS) is 23.8. The number of nitrogens with one attached hydrogen (secondary N) is 1. The van der Waals surface area contributed by atoms with E-state index in [-0.39, 0.29) is 0 Å². The smallest absolute Gasteiger partial charge is 0.0700 e. The zero-order valence-electron chi connectivity index (χ0n) is 9.23. The molecule has 1 aliphatic rings. The van der Waals surface area contributed by atoms with Gasteiger partial charge in [0.05, 0.1) is 6.10 Å². The Labute approximate surface area is 82.0 Å². The summed E-state index contributed by atoms with van der Waals surface area (Å²) in [6.07, 6.45) is 4.18. The van der Waals surface area contributed by atoms with E-state index in [4.69, 9.17) is 4.74 Å². The molecule has 2 nitrogen and oxygen atoms in total. The molecule has 0 aromatic carbocycles. The fourth-order valence-electron chi connectivity index (χ4n) is 1.50. The summed E-state index contributed by atoms with van der Waals surface area (Å²) in [5, 5.41) is 3.49. The Kier molecular flexibility index (Phi) is 4.20. The van der Waals surface area contributed by atoms with Gasteiger partial charge in [-0.25, -0.2) is 0 Å². The molecular formula is C11H23NO. The van der Waals surface area contributed by atoms with Gasteiger partial charge in [-0.1, -0.05) is 20.8 Å². The Morgan fingerprint density at radius 1 is 1.46 bits per heavy atom. The van der Waals surface area contributed by atoms with Crippen molar-refractivity contribution in [2.75, 3.05) is 19.7 Å². The van der Waals surface area contributed by atoms with Crippen molar-refractivity contribution in [2.45, 2.75) is 46.1 Å². The first-order valence-corrected chi connectivity index (χ1v) is 5.46. The number of hydrogen-bond acceptors (Lipinski definition) is 2. The molecule has 0 aliphatic carbocycles. The molecule has 2 heteroatoms. The summed E-state index contributed by atoms with van der Waals surface area (Å²) >= 11 is 0. The van der Waals surface area contributed by atoms with Crippen LogP contribution >= 0.6 is 0 Å². The van der Waals surface area contributed by atoms with Gasteiger partial charge in [0.15, 0.2) is 0 Å². The van der Waals surface area contributed by atoms with E-state index in [0.717, 1.165) is 19.7 Å². The Hall–Kier alpha value is -0.0800. The lowest BCUT2D eigenvalue weighted by Crippen LogP contribution is -2.34. The first-order valence-electron chi connectivity index (χ1n) is 5.46. The van der Waals surface area contributed by atoms with E-state index in [9.17, 15) is 0 Å². The lowest BCUT2D eigenvalue weighted by molar-refractivity contribution is 0.107. The number of ether oxygens (including phenoxy) is 1. The largest absolute Gasteiger partial charge is 0.377 e. The second-order valence-corrected chi connectivity index (χ2v) is 4.78. The van der Waals surface area contributed by atoms with E-state index in [2.05, 4.69) is 26.1 Å². The van der Waals surface area contributed by atoms with Gasteiger partial charge >= 0.3 is 0 Å². The van der Waals surface area contributed by atoms with Crippen LogP contribution in [-0.2, 0) is 4.74 Å². The van der Waals surface area contributed by atoms with Crippen LogP contribution in [0.15, 0.2) is 0 Å². The number of rotatable bonds is 5. The van der Waals surface area contributed by atoms with Crippen molar-refractivity contribution in [3.8, 4) is 0 Å². The van der Waals surface area contributed by atoms with Crippen LogP contribution in [0.5, 0.6) is 0 Å². The van der Waals surface area contributed by atoms with Gasteiger partial charge in [-0.3, -0.25) is 0 Å². The standard InChI is InChI=1S/C11H23NO/c1-4-11(2,3)9-12-8-10-6-5-7-13-10/h10,12H,4-9H2,1-3H3. The van der Waals surface area contributed by atoms with Crippen LogP contribution in [0.3, 0.4) is 0 Å². The Morgan fingerprint density at radius 2 is 2.23 bits per heavy atom. The van der Waals surface area contributed by atoms with Gasteiger partial charge in [0, 0.05) is 19.7 Å². The maximum Gasteiger partial charge on any atom is 0.0700 e. The zero-order chi connectivity index (χ0) is 9.73. The monoisotopic (exact) mass is 185 g/mol. The van der Waals surface area contributed by atoms with Gasteiger partial charge in [0.2, 0.25) is 0 Å². The van der Waals surface area contributed by atoms with E-state index in [1.807, 2.05) is 0 Å². The third-order valence-corrected chi connectivity index (χ3v) is 2.96. The fourth-order valence-corrected chi connectivity index (χ4v) is 1.50. The van der Waals surface area contributed by atoms with Gasteiger partial charge in [0.25, 0.3) is 0 Å². The van der Waals surface area contributed by atoms with Crippen molar-refractivity contribution < 1.29 is 4.74 Å². The van der Waals surface area contributed by atoms with Crippen LogP contribution in [0.1, 0.15) is 40.0 Å². The lowest BCUT2D eigenvalue weighted by Gasteiger charge is -2.23. The second kappa shape index (κ2) is 4.97. The molecule has 0 amide bonds. The first kappa shape index (κ1) is 11.0. The fraction of sp³-hybridized carbons (Fsp3) is 1.00. The van der Waals surface area contributed by atoms with E-state index in [1.54, 1.807) is 0 Å². The lowest BCUT2D eigenvalue weighted by atomic mass is 9.90. The number of hydrogen-bond donors (Lipinski definition) is 1. The molecule has 1 unspecified atom stereocenters. The minimum Gasteiger partial charge on any atom is -0.377 e. The van der Waals surface area contributed by atoms with Gasteiger partial charge in [-0.2, -0.15) is 0 Å². The molecule has 1 fully saturated rings. The predicted molar refractivity (Wildman–Crippen MR) is 55.9 cm³/mol. The van der Waals surface area contributed by atoms with Crippen molar-refractivity contribution in [1.82, 2.24) is 5.32 Å². The van der Waals surface area contributed by atoms with Gasteiger partial charge in [-0.15, -0.1) is 0 Å². The maximum absolute atomic E-state index is 5.54. The summed E-state index contributed by atoms with van der Waals surface area (Å²) in [7, 11) is 0. The molecule has 1 rings (SSSR count). The zero-order valence-corrected chi connectivity index (χ0v) is 9.23. The van der Waals surface area contributed by atoms with Crippen molar-refractivity contribution in [3.63, 3.8) is 0 Å². The topological polar surface area (TPSA) is 21.3 Å². The molecule has 1 atom stereocenters. The summed E-state index contributed by atoms with van der Waals surface area (Å²) in [5.74, 6) is 0. The molecule has 1 heterocycles. The van der Waals surface area contributed by atoms with E-state index < -0.39 is 0 Å². The predicted octanol–water partition coefficient (Wildman–Crippen LogP) is 2.19. The molecule has 78 valence electrons. The average Bonchev–Trinajstić information content (AvgIpc) is 2.57. The highest BCUT2D eigenvalue weighted by molar-refractivity contribution is 4.73. The molecule has 1 aliphatic heterocycles. The van der Waals surface area contributed by atoms with Crippen LogP contribution in [0.25, 0.3) is 0 Å². The Bertz CT molecular complexity index is 139. The molecule has 1 saturated heterocycles. The third kappa shape index (κ3) is 4.10. The third-order valence-electron chi connectivity index (χ3n) is 2.96. The van der Waals surface area contributed by atoms with Gasteiger partial charge in [0.1, 0.15) is 0 Å². The van der Waals surface area contributed by atoms with Crippen molar-refractivity contribution in [2.24, 2.45) is 5.41 Å². The van der Waals surface area contributed by atoms with Crippen molar-refractivity contribution in [1.29, 1.82) is 0 Å². The first-order chi connectivity index (χ1) is 6.14. The van der Waals surface area contributed by atoms with Crippen LogP contribution in [0.4, 0.5) is 0 Å². The molecule has 1 N–H and O–H groups in total. The minimum absolute atomic E-state index is 0.429. The molecule has 0 aromatic rings. The molecular weight excluding hydrogens is 162 g/mol. The summed E-state index contributed by atoms with van der Waals surface area (Å²) in [5.41, 5.74) is 0.429.